The number of hydrogen-bond acceptors (Lipinski definition) is 3. The molecular formula is C17H17BrF2NO3Y-. The summed E-state index contributed by atoms with van der Waals surface area (Å²) in [4.78, 5) is 12.2. The molecule has 0 fully saturated rings. The molecule has 0 atom stereocenters. The van der Waals surface area contributed by atoms with E-state index in [0.717, 1.165) is 4.57 Å². The molecule has 0 aliphatic heterocycles. The normalized spacial score (nSPS) is 10.6. The van der Waals surface area contributed by atoms with Crippen LogP contribution >= 0.6 is 15.9 Å². The molecular weight excluding hydrogens is 473 g/mol. The maximum absolute atomic E-state index is 12.8. The molecule has 0 saturated carbocycles. The van der Waals surface area contributed by atoms with Crippen molar-refractivity contribution in [1.82, 2.24) is 4.57 Å². The predicted molar refractivity (Wildman–Crippen MR) is 90.8 cm³/mol. The van der Waals surface area contributed by atoms with Gasteiger partial charge in [0.15, 0.2) is 5.56 Å². The quantitative estimate of drug-likeness (QED) is 0.440. The largest absolute Gasteiger partial charge is 0.491 e. The number of hydrogen-bond donors (Lipinski definition) is 0. The van der Waals surface area contributed by atoms with Crippen molar-refractivity contribution in [2.24, 2.45) is 0 Å². The standard InChI is InChI=1S/C17H17BrF2NO3.Y/c1-11-3-6-15(21(17(11)22)10-16(19)20)13-5-4-12(9-14(13)18)24-8-7-23-2;/h3-5,9,16H,7-8,10H2,1-2H3;/q-1;. The number of nitrogens with zero attached hydrogens (tertiary/aromatic N) is 1. The predicted octanol–water partition coefficient (Wildman–Crippen LogP) is 3.67. The summed E-state index contributed by atoms with van der Waals surface area (Å²) in [5.41, 5.74) is 0.819. The summed E-state index contributed by atoms with van der Waals surface area (Å²) in [5.74, 6) is 0.609. The molecule has 0 spiro atoms. The second-order valence-corrected chi connectivity index (χ2v) is 5.96. The first kappa shape index (κ1) is 22.4. The van der Waals surface area contributed by atoms with Crippen molar-refractivity contribution in [2.75, 3.05) is 20.3 Å². The minimum Gasteiger partial charge on any atom is -0.491 e. The SMILES string of the molecule is COCCOc1ccc(-c2[c-]cc(C)c(=O)n2CC(F)F)c(Br)c1.[Y]. The monoisotopic (exact) mass is 489 g/mol. The number of benzene rings is 1. The molecule has 1 aromatic heterocycles. The van der Waals surface area contributed by atoms with E-state index in [9.17, 15) is 13.6 Å². The van der Waals surface area contributed by atoms with Crippen LogP contribution in [0.15, 0.2) is 33.5 Å². The van der Waals surface area contributed by atoms with Gasteiger partial charge in [-0.05, 0) is 16.6 Å². The molecule has 0 saturated heterocycles. The van der Waals surface area contributed by atoms with Crippen molar-refractivity contribution in [3.63, 3.8) is 0 Å². The molecule has 0 N–H and O–H groups in total. The van der Waals surface area contributed by atoms with E-state index < -0.39 is 18.5 Å². The summed E-state index contributed by atoms with van der Waals surface area (Å²) in [6.07, 6.45) is -2.63. The van der Waals surface area contributed by atoms with E-state index in [1.165, 1.54) is 6.07 Å². The topological polar surface area (TPSA) is 40.5 Å². The fourth-order valence-electron chi connectivity index (χ4n) is 2.19. The number of methoxy groups -OCH3 is 1. The van der Waals surface area contributed by atoms with Gasteiger partial charge < -0.3 is 14.0 Å². The van der Waals surface area contributed by atoms with E-state index >= 15 is 0 Å². The van der Waals surface area contributed by atoms with Crippen molar-refractivity contribution in [3.8, 4) is 17.0 Å². The summed E-state index contributed by atoms with van der Waals surface area (Å²) in [6.45, 7) is 1.76. The molecule has 0 aliphatic carbocycles. The molecule has 1 radical (unpaired) electrons. The van der Waals surface area contributed by atoms with Gasteiger partial charge in [0.2, 0.25) is 0 Å². The average Bonchev–Trinajstić information content (AvgIpc) is 2.53. The summed E-state index contributed by atoms with van der Waals surface area (Å²) < 4.78 is 37.8. The molecule has 0 amide bonds. The van der Waals surface area contributed by atoms with Crippen molar-refractivity contribution in [3.05, 3.63) is 50.7 Å². The van der Waals surface area contributed by atoms with Crippen LogP contribution in [0.4, 0.5) is 8.78 Å². The van der Waals surface area contributed by atoms with Gasteiger partial charge in [0.1, 0.15) is 12.4 Å². The van der Waals surface area contributed by atoms with Gasteiger partial charge in [-0.15, -0.1) is 6.07 Å². The Labute approximate surface area is 178 Å². The van der Waals surface area contributed by atoms with Crippen molar-refractivity contribution in [1.29, 1.82) is 0 Å². The van der Waals surface area contributed by atoms with Crippen molar-refractivity contribution in [2.45, 2.75) is 19.9 Å². The maximum Gasteiger partial charge on any atom is 0.256 e. The van der Waals surface area contributed by atoms with E-state index in [4.69, 9.17) is 9.47 Å². The molecule has 0 aliphatic rings. The Hall–Kier alpha value is -0.626. The molecule has 2 aromatic rings. The summed E-state index contributed by atoms with van der Waals surface area (Å²) in [6, 6.07) is 9.56. The van der Waals surface area contributed by atoms with Gasteiger partial charge in [-0.2, -0.15) is 12.1 Å². The van der Waals surface area contributed by atoms with Crippen LogP contribution in [0.2, 0.25) is 0 Å². The molecule has 0 bridgehead atoms. The second-order valence-electron chi connectivity index (χ2n) is 5.11. The Bertz CT molecular complexity index is 768. The van der Waals surface area contributed by atoms with Gasteiger partial charge in [0.05, 0.1) is 13.2 Å². The minimum atomic E-state index is -2.63. The van der Waals surface area contributed by atoms with Crippen LogP contribution in [0.1, 0.15) is 5.56 Å². The van der Waals surface area contributed by atoms with Crippen LogP contribution in [0.3, 0.4) is 0 Å². The van der Waals surface area contributed by atoms with Crippen LogP contribution in [0.5, 0.6) is 5.75 Å². The van der Waals surface area contributed by atoms with Crippen LogP contribution in [0, 0.1) is 13.0 Å². The van der Waals surface area contributed by atoms with Crippen LogP contribution in [-0.4, -0.2) is 31.3 Å². The molecule has 1 aromatic carbocycles. The third-order valence-electron chi connectivity index (χ3n) is 3.35. The van der Waals surface area contributed by atoms with Crippen LogP contribution < -0.4 is 10.3 Å². The van der Waals surface area contributed by atoms with E-state index in [0.29, 0.717) is 40.3 Å². The first-order valence-corrected chi connectivity index (χ1v) is 8.05. The number of pyridine rings is 1. The molecule has 0 unspecified atom stereocenters. The Kier molecular flexibility index (Phi) is 9.42. The Morgan fingerprint density at radius 2 is 2.04 bits per heavy atom. The van der Waals surface area contributed by atoms with E-state index in [1.54, 1.807) is 32.2 Å². The van der Waals surface area contributed by atoms with Gasteiger partial charge in [0.25, 0.3) is 6.43 Å². The molecule has 25 heavy (non-hydrogen) atoms. The van der Waals surface area contributed by atoms with Gasteiger partial charge in [-0.1, -0.05) is 39.7 Å². The van der Waals surface area contributed by atoms with Crippen molar-refractivity contribution < 1.29 is 51.0 Å². The van der Waals surface area contributed by atoms with E-state index in [1.807, 2.05) is 0 Å². The third kappa shape index (κ3) is 5.95. The fourth-order valence-corrected chi connectivity index (χ4v) is 2.73. The zero-order chi connectivity index (χ0) is 17.7. The Morgan fingerprint density at radius 1 is 1.32 bits per heavy atom. The molecule has 2 rings (SSSR count). The second kappa shape index (κ2) is 10.5. The van der Waals surface area contributed by atoms with Gasteiger partial charge >= 0.3 is 0 Å². The van der Waals surface area contributed by atoms with Crippen LogP contribution in [0.25, 0.3) is 11.3 Å². The number of rotatable bonds is 7. The smallest absolute Gasteiger partial charge is 0.256 e. The average molecular weight is 490 g/mol. The molecule has 8 heteroatoms. The van der Waals surface area contributed by atoms with E-state index in [-0.39, 0.29) is 32.7 Å². The molecule has 1 heterocycles. The van der Waals surface area contributed by atoms with Crippen molar-refractivity contribution >= 4 is 15.9 Å². The zero-order valence-corrected chi connectivity index (χ0v) is 18.3. The number of alkyl halides is 2. The first-order valence-electron chi connectivity index (χ1n) is 7.26. The first-order chi connectivity index (χ1) is 11.4. The Balaban J connectivity index is 0.00000312. The maximum atomic E-state index is 12.8. The molecule has 133 valence electrons. The van der Waals surface area contributed by atoms with Gasteiger partial charge in [-0.25, -0.2) is 8.78 Å². The zero-order valence-electron chi connectivity index (χ0n) is 13.9. The number of aryl methyl sites for hydroxylation is 1. The molecule has 4 nitrogen and oxygen atoms in total. The summed E-state index contributed by atoms with van der Waals surface area (Å²) in [7, 11) is 1.58. The van der Waals surface area contributed by atoms with Gasteiger partial charge in [0, 0.05) is 39.8 Å². The summed E-state index contributed by atoms with van der Waals surface area (Å²) in [5, 5.41) is 0. The Morgan fingerprint density at radius 3 is 2.64 bits per heavy atom. The number of aromatic nitrogens is 1. The third-order valence-corrected chi connectivity index (χ3v) is 4.01. The fraction of sp³-hybridized carbons (Fsp3) is 0.353. The number of ether oxygens (including phenoxy) is 2. The van der Waals surface area contributed by atoms with E-state index in [2.05, 4.69) is 22.0 Å². The van der Waals surface area contributed by atoms with Gasteiger partial charge in [-0.3, -0.25) is 4.79 Å². The summed E-state index contributed by atoms with van der Waals surface area (Å²) >= 11 is 3.40. The number of halogens is 3. The van der Waals surface area contributed by atoms with Crippen LogP contribution in [-0.2, 0) is 44.0 Å². The minimum absolute atomic E-state index is 0.